The molecule has 0 aliphatic carbocycles. The van der Waals surface area contributed by atoms with Crippen molar-refractivity contribution in [1.82, 2.24) is 19.5 Å². The highest BCUT2D eigenvalue weighted by Gasteiger charge is 2.16. The van der Waals surface area contributed by atoms with Crippen molar-refractivity contribution in [2.24, 2.45) is 0 Å². The van der Waals surface area contributed by atoms with Gasteiger partial charge in [-0.05, 0) is 17.5 Å². The molecule has 0 fully saturated rings. The van der Waals surface area contributed by atoms with Crippen LogP contribution in [0.2, 0.25) is 0 Å². The maximum Gasteiger partial charge on any atom is 0.309 e. The minimum atomic E-state index is -0.301. The third-order valence-corrected chi connectivity index (χ3v) is 4.56. The average Bonchev–Trinajstić information content (AvgIpc) is 2.98. The number of hydrogen-bond acceptors (Lipinski definition) is 7. The van der Waals surface area contributed by atoms with Crippen molar-refractivity contribution >= 4 is 23.0 Å². The summed E-state index contributed by atoms with van der Waals surface area (Å²) in [4.78, 5) is 24.5. The molecule has 3 N–H and O–H groups in total. The Morgan fingerprint density at radius 3 is 2.75 bits per heavy atom. The van der Waals surface area contributed by atoms with Crippen molar-refractivity contribution in [3.05, 3.63) is 41.2 Å². The van der Waals surface area contributed by atoms with Crippen LogP contribution in [0.15, 0.2) is 24.3 Å². The summed E-state index contributed by atoms with van der Waals surface area (Å²) in [5.41, 5.74) is 8.68. The number of anilines is 1. The van der Waals surface area contributed by atoms with E-state index in [1.165, 1.54) is 7.11 Å². The molecule has 1 aromatic carbocycles. The number of methoxy groups -OCH3 is 1. The SMILES string of the molecule is CCCCCc1nc(N)c2nc(O)n(Cc3cccc(CC(=O)OC)c3)c2n1. The van der Waals surface area contributed by atoms with Crippen LogP contribution >= 0.6 is 0 Å². The number of hydrogen-bond donors (Lipinski definition) is 2. The number of aromatic nitrogens is 4. The minimum absolute atomic E-state index is 0.167. The number of imidazole rings is 1. The third kappa shape index (κ3) is 4.39. The van der Waals surface area contributed by atoms with Gasteiger partial charge in [-0.15, -0.1) is 0 Å². The quantitative estimate of drug-likeness (QED) is 0.454. The zero-order valence-electron chi connectivity index (χ0n) is 16.2. The van der Waals surface area contributed by atoms with Crippen LogP contribution < -0.4 is 5.73 Å². The summed E-state index contributed by atoms with van der Waals surface area (Å²) in [5, 5.41) is 10.3. The molecule has 0 aliphatic rings. The van der Waals surface area contributed by atoms with Crippen molar-refractivity contribution in [2.45, 2.75) is 45.6 Å². The van der Waals surface area contributed by atoms with Crippen LogP contribution in [-0.4, -0.2) is 37.7 Å². The Kier molecular flexibility index (Phi) is 6.08. The topological polar surface area (TPSA) is 116 Å². The molecule has 3 aromatic rings. The molecule has 0 atom stereocenters. The van der Waals surface area contributed by atoms with Crippen LogP contribution in [0.4, 0.5) is 5.82 Å². The van der Waals surface area contributed by atoms with Gasteiger partial charge in [-0.3, -0.25) is 9.36 Å². The molecule has 0 aliphatic heterocycles. The predicted molar refractivity (Wildman–Crippen MR) is 106 cm³/mol. The molecule has 2 aromatic heterocycles. The summed E-state index contributed by atoms with van der Waals surface area (Å²) in [6.45, 7) is 2.49. The molecule has 8 heteroatoms. The molecule has 3 rings (SSSR count). The predicted octanol–water partition coefficient (Wildman–Crippen LogP) is 2.61. The van der Waals surface area contributed by atoms with E-state index in [0.717, 1.165) is 36.8 Å². The lowest BCUT2D eigenvalue weighted by Gasteiger charge is -2.08. The molecule has 0 bridgehead atoms. The van der Waals surface area contributed by atoms with Gasteiger partial charge in [-0.1, -0.05) is 44.0 Å². The van der Waals surface area contributed by atoms with Gasteiger partial charge in [0.05, 0.1) is 20.1 Å². The van der Waals surface area contributed by atoms with E-state index in [0.29, 0.717) is 23.5 Å². The molecular formula is C20H25N5O3. The molecule has 0 radical (unpaired) electrons. The van der Waals surface area contributed by atoms with Gasteiger partial charge in [0.2, 0.25) is 0 Å². The average molecular weight is 383 g/mol. The Morgan fingerprint density at radius 2 is 2.00 bits per heavy atom. The lowest BCUT2D eigenvalue weighted by atomic mass is 10.1. The van der Waals surface area contributed by atoms with E-state index in [1.807, 2.05) is 24.3 Å². The number of nitrogen functional groups attached to an aromatic ring is 1. The molecule has 148 valence electrons. The fraction of sp³-hybridized carbons (Fsp3) is 0.400. The first-order valence-corrected chi connectivity index (χ1v) is 9.38. The molecule has 0 amide bonds. The fourth-order valence-electron chi connectivity index (χ4n) is 3.11. The highest BCUT2D eigenvalue weighted by molar-refractivity contribution is 5.82. The van der Waals surface area contributed by atoms with Gasteiger partial charge in [-0.25, -0.2) is 9.97 Å². The number of carbonyl (C=O) groups excluding carboxylic acids is 1. The Balaban J connectivity index is 1.91. The van der Waals surface area contributed by atoms with E-state index in [2.05, 4.69) is 21.9 Å². The number of nitrogens with zero attached hydrogens (tertiary/aromatic N) is 4. The number of carbonyl (C=O) groups is 1. The van der Waals surface area contributed by atoms with Gasteiger partial charge < -0.3 is 15.6 Å². The van der Waals surface area contributed by atoms with Crippen molar-refractivity contribution in [2.75, 3.05) is 12.8 Å². The first kappa shape index (κ1) is 19.6. The van der Waals surface area contributed by atoms with Gasteiger partial charge in [0.25, 0.3) is 6.01 Å². The Labute approximate surface area is 163 Å². The number of benzene rings is 1. The van der Waals surface area contributed by atoms with Crippen LogP contribution in [0.5, 0.6) is 6.01 Å². The number of fused-ring (bicyclic) bond motifs is 1. The maximum atomic E-state index is 11.5. The van der Waals surface area contributed by atoms with E-state index in [9.17, 15) is 9.90 Å². The summed E-state index contributed by atoms with van der Waals surface area (Å²) >= 11 is 0. The van der Waals surface area contributed by atoms with Gasteiger partial charge in [0, 0.05) is 6.42 Å². The second-order valence-corrected chi connectivity index (χ2v) is 6.73. The number of ether oxygens (including phenoxy) is 1. The second kappa shape index (κ2) is 8.69. The van der Waals surface area contributed by atoms with E-state index in [1.54, 1.807) is 4.57 Å². The van der Waals surface area contributed by atoms with E-state index in [4.69, 9.17) is 10.5 Å². The summed E-state index contributed by atoms with van der Waals surface area (Å²) in [6.07, 6.45) is 4.11. The summed E-state index contributed by atoms with van der Waals surface area (Å²) in [7, 11) is 1.37. The fourth-order valence-corrected chi connectivity index (χ4v) is 3.11. The van der Waals surface area contributed by atoms with Crippen LogP contribution in [-0.2, 0) is 28.9 Å². The first-order chi connectivity index (χ1) is 13.5. The van der Waals surface area contributed by atoms with Gasteiger partial charge in [0.1, 0.15) is 5.82 Å². The van der Waals surface area contributed by atoms with E-state index in [-0.39, 0.29) is 24.2 Å². The lowest BCUT2D eigenvalue weighted by Crippen LogP contribution is -2.07. The van der Waals surface area contributed by atoms with Crippen LogP contribution in [0.1, 0.15) is 43.1 Å². The number of aromatic hydroxyl groups is 1. The number of esters is 1. The minimum Gasteiger partial charge on any atom is -0.480 e. The molecule has 0 spiro atoms. The number of unbranched alkanes of at least 4 members (excludes halogenated alkanes) is 2. The van der Waals surface area contributed by atoms with Gasteiger partial charge in [0.15, 0.2) is 17.0 Å². The zero-order valence-corrected chi connectivity index (χ0v) is 16.2. The summed E-state index contributed by atoms with van der Waals surface area (Å²) < 4.78 is 6.32. The zero-order chi connectivity index (χ0) is 20.1. The highest BCUT2D eigenvalue weighted by atomic mass is 16.5. The maximum absolute atomic E-state index is 11.5. The van der Waals surface area contributed by atoms with Gasteiger partial charge >= 0.3 is 5.97 Å². The van der Waals surface area contributed by atoms with Gasteiger partial charge in [-0.2, -0.15) is 4.98 Å². The Morgan fingerprint density at radius 1 is 1.21 bits per heavy atom. The van der Waals surface area contributed by atoms with Crippen molar-refractivity contribution < 1.29 is 14.6 Å². The largest absolute Gasteiger partial charge is 0.480 e. The summed E-state index contributed by atoms with van der Waals surface area (Å²) in [5.74, 6) is 0.620. The molecule has 0 saturated carbocycles. The monoisotopic (exact) mass is 383 g/mol. The van der Waals surface area contributed by atoms with Crippen LogP contribution in [0.3, 0.4) is 0 Å². The summed E-state index contributed by atoms with van der Waals surface area (Å²) in [6, 6.07) is 7.37. The molecule has 0 unspecified atom stereocenters. The second-order valence-electron chi connectivity index (χ2n) is 6.73. The normalized spacial score (nSPS) is 11.1. The highest BCUT2D eigenvalue weighted by Crippen LogP contribution is 2.24. The van der Waals surface area contributed by atoms with Crippen molar-refractivity contribution in [3.8, 4) is 6.01 Å². The Hall–Kier alpha value is -3.16. The van der Waals surface area contributed by atoms with Crippen molar-refractivity contribution in [3.63, 3.8) is 0 Å². The molecule has 8 nitrogen and oxygen atoms in total. The number of rotatable bonds is 8. The smallest absolute Gasteiger partial charge is 0.309 e. The lowest BCUT2D eigenvalue weighted by molar-refractivity contribution is -0.139. The number of aryl methyl sites for hydroxylation is 1. The van der Waals surface area contributed by atoms with Crippen LogP contribution in [0, 0.1) is 0 Å². The molecular weight excluding hydrogens is 358 g/mol. The standard InChI is InChI=1S/C20H25N5O3/c1-3-4-5-9-15-22-18(21)17-19(23-15)25(20(27)24-17)12-14-8-6-7-13(10-14)11-16(26)28-2/h6-8,10H,3-5,9,11-12H2,1-2H3,(H,24,27)(H2,21,22,23). The molecule has 0 saturated heterocycles. The van der Waals surface area contributed by atoms with Crippen molar-refractivity contribution in [1.29, 1.82) is 0 Å². The number of nitrogens with two attached hydrogens (primary N) is 1. The first-order valence-electron chi connectivity index (χ1n) is 9.38. The molecule has 2 heterocycles. The van der Waals surface area contributed by atoms with E-state index < -0.39 is 0 Å². The Bertz CT molecular complexity index is 983. The third-order valence-electron chi connectivity index (χ3n) is 4.56. The molecule has 28 heavy (non-hydrogen) atoms. The van der Waals surface area contributed by atoms with Crippen LogP contribution in [0.25, 0.3) is 11.2 Å². The van der Waals surface area contributed by atoms with E-state index >= 15 is 0 Å².